The van der Waals surface area contributed by atoms with E-state index in [0.717, 1.165) is 0 Å². The van der Waals surface area contributed by atoms with E-state index < -0.39 is 23.9 Å². The molecule has 2 aromatic heterocycles. The average Bonchev–Trinajstić information content (AvgIpc) is 3.19. The number of hydrogen-bond donors (Lipinski definition) is 2. The zero-order valence-electron chi connectivity index (χ0n) is 14.7. The third-order valence-corrected chi connectivity index (χ3v) is 3.91. The molecular weight excluding hydrogens is 328 g/mol. The van der Waals surface area contributed by atoms with Gasteiger partial charge in [0.25, 0.3) is 5.56 Å². The summed E-state index contributed by atoms with van der Waals surface area (Å²) in [6, 6.07) is -0.484. The fourth-order valence-corrected chi connectivity index (χ4v) is 2.53. The first-order chi connectivity index (χ1) is 12.4. The molecule has 132 valence electrons. The van der Waals surface area contributed by atoms with Crippen molar-refractivity contribution in [2.24, 2.45) is 11.0 Å². The Bertz CT molecular complexity index is 932. The molecule has 1 unspecified atom stereocenters. The molecule has 3 atom stereocenters. The maximum Gasteiger partial charge on any atom is 0.280 e. The molecule has 1 fully saturated rings. The third-order valence-electron chi connectivity index (χ3n) is 3.91. The molecule has 1 aliphatic rings. The van der Waals surface area contributed by atoms with Crippen LogP contribution in [0.3, 0.4) is 0 Å². The zero-order chi connectivity index (χ0) is 18.8. The SMILES string of the molecule is [2H]C[C@H]1OC(n2cnc3c(=O)[nH]c(NC(=O)C(C)C)nc32)C[C@@H]1N=[N+]=[N-]. The van der Waals surface area contributed by atoms with Crippen LogP contribution in [0.2, 0.25) is 0 Å². The summed E-state index contributed by atoms with van der Waals surface area (Å²) in [5.41, 5.74) is 8.50. The molecule has 0 aromatic carbocycles. The molecule has 3 heterocycles. The molecule has 0 spiro atoms. The number of imidazole rings is 1. The Morgan fingerprint density at radius 3 is 3.16 bits per heavy atom. The summed E-state index contributed by atoms with van der Waals surface area (Å²) in [5, 5.41) is 6.21. The van der Waals surface area contributed by atoms with Crippen molar-refractivity contribution in [3.63, 3.8) is 0 Å². The zero-order valence-corrected chi connectivity index (χ0v) is 13.7. The minimum Gasteiger partial charge on any atom is -0.355 e. The molecule has 1 amide bonds. The lowest BCUT2D eigenvalue weighted by atomic mass is 10.1. The summed E-state index contributed by atoms with van der Waals surface area (Å²) in [7, 11) is 0. The van der Waals surface area contributed by atoms with Gasteiger partial charge in [-0.25, -0.2) is 4.98 Å². The van der Waals surface area contributed by atoms with Gasteiger partial charge < -0.3 is 4.74 Å². The van der Waals surface area contributed by atoms with Gasteiger partial charge in [0.15, 0.2) is 11.2 Å². The molecule has 11 nitrogen and oxygen atoms in total. The highest BCUT2D eigenvalue weighted by Gasteiger charge is 2.33. The smallest absolute Gasteiger partial charge is 0.280 e. The molecule has 1 saturated heterocycles. The first kappa shape index (κ1) is 15.6. The Labute approximate surface area is 143 Å². The number of nitrogens with one attached hydrogen (secondary N) is 2. The van der Waals surface area contributed by atoms with Crippen LogP contribution in [0.5, 0.6) is 0 Å². The van der Waals surface area contributed by atoms with E-state index >= 15 is 0 Å². The Balaban J connectivity index is 1.97. The second kappa shape index (κ2) is 6.54. The molecule has 0 saturated carbocycles. The molecule has 3 rings (SSSR count). The van der Waals surface area contributed by atoms with E-state index in [9.17, 15) is 9.59 Å². The lowest BCUT2D eigenvalue weighted by Crippen LogP contribution is -2.22. The first-order valence-electron chi connectivity index (χ1n) is 8.42. The van der Waals surface area contributed by atoms with Crippen molar-refractivity contribution in [3.05, 3.63) is 27.1 Å². The van der Waals surface area contributed by atoms with Gasteiger partial charge in [0.05, 0.1) is 18.5 Å². The molecule has 2 N–H and O–H groups in total. The number of fused-ring (bicyclic) bond motifs is 1. The molecule has 25 heavy (non-hydrogen) atoms. The lowest BCUT2D eigenvalue weighted by Gasteiger charge is -2.13. The monoisotopic (exact) mass is 347 g/mol. The van der Waals surface area contributed by atoms with Crippen molar-refractivity contribution in [2.75, 3.05) is 5.32 Å². The molecule has 0 radical (unpaired) electrons. The molecule has 1 aliphatic heterocycles. The van der Waals surface area contributed by atoms with Gasteiger partial charge in [-0.1, -0.05) is 19.0 Å². The third kappa shape index (κ3) is 3.19. The van der Waals surface area contributed by atoms with Gasteiger partial charge in [-0.05, 0) is 12.4 Å². The van der Waals surface area contributed by atoms with Gasteiger partial charge in [-0.15, -0.1) is 0 Å². The van der Waals surface area contributed by atoms with Crippen molar-refractivity contribution in [1.82, 2.24) is 19.5 Å². The second-order valence-electron chi connectivity index (χ2n) is 6.02. The average molecular weight is 347 g/mol. The predicted octanol–water partition coefficient (Wildman–Crippen LogP) is 1.70. The summed E-state index contributed by atoms with van der Waals surface area (Å²) < 4.78 is 14.8. The highest BCUT2D eigenvalue weighted by molar-refractivity contribution is 5.91. The Morgan fingerprint density at radius 2 is 2.48 bits per heavy atom. The summed E-state index contributed by atoms with van der Waals surface area (Å²) in [6.45, 7) is 3.38. The molecule has 2 aromatic rings. The molecule has 11 heteroatoms. The number of azide groups is 1. The topological polar surface area (TPSA) is 151 Å². The number of aromatic nitrogens is 4. The van der Waals surface area contributed by atoms with E-state index in [-0.39, 0.29) is 35.8 Å². The van der Waals surface area contributed by atoms with Crippen LogP contribution in [0, 0.1) is 5.92 Å². The summed E-state index contributed by atoms with van der Waals surface area (Å²) in [5.74, 6) is -0.542. The highest BCUT2D eigenvalue weighted by Crippen LogP contribution is 2.32. The number of amides is 1. The van der Waals surface area contributed by atoms with Crippen molar-refractivity contribution in [3.8, 4) is 0 Å². The summed E-state index contributed by atoms with van der Waals surface area (Å²) in [6.07, 6.45) is 0.621. The number of nitrogens with zero attached hydrogens (tertiary/aromatic N) is 6. The van der Waals surface area contributed by atoms with Crippen LogP contribution in [0.15, 0.2) is 16.2 Å². The first-order valence-corrected chi connectivity index (χ1v) is 7.71. The van der Waals surface area contributed by atoms with E-state index in [0.29, 0.717) is 6.42 Å². The van der Waals surface area contributed by atoms with Crippen molar-refractivity contribution >= 4 is 23.0 Å². The van der Waals surface area contributed by atoms with Crippen LogP contribution in [-0.2, 0) is 9.53 Å². The van der Waals surface area contributed by atoms with Crippen LogP contribution in [-0.4, -0.2) is 37.6 Å². The summed E-state index contributed by atoms with van der Waals surface area (Å²) >= 11 is 0. The van der Waals surface area contributed by atoms with Gasteiger partial charge in [0.1, 0.15) is 6.23 Å². The fourth-order valence-electron chi connectivity index (χ4n) is 2.53. The van der Waals surface area contributed by atoms with Gasteiger partial charge >= 0.3 is 0 Å². The standard InChI is InChI=1S/C14H18N8O3/c1-6(2)12(23)18-14-17-11-10(13(24)19-14)16-5-22(11)9-4-8(20-21-15)7(3)25-9/h5-9H,4H2,1-3H3,(H2,17,18,19,23,24)/t7-,8+,9?/m1/s1/i3D. The molecule has 0 aliphatic carbocycles. The fraction of sp³-hybridized carbons (Fsp3) is 0.571. The number of ether oxygens (including phenoxy) is 1. The number of carbonyl (C=O) groups is 1. The second-order valence-corrected chi connectivity index (χ2v) is 6.02. The number of anilines is 1. The van der Waals surface area contributed by atoms with E-state index in [1.54, 1.807) is 18.4 Å². The van der Waals surface area contributed by atoms with Gasteiger partial charge in [-0.3, -0.25) is 24.5 Å². The van der Waals surface area contributed by atoms with Gasteiger partial charge in [-0.2, -0.15) is 4.98 Å². The minimum absolute atomic E-state index is 0.0181. The van der Waals surface area contributed by atoms with E-state index in [1.807, 2.05) is 0 Å². The quantitative estimate of drug-likeness (QED) is 0.490. The van der Waals surface area contributed by atoms with Crippen LogP contribution in [0.4, 0.5) is 5.95 Å². The van der Waals surface area contributed by atoms with E-state index in [2.05, 4.69) is 30.3 Å². The van der Waals surface area contributed by atoms with Crippen LogP contribution in [0.1, 0.15) is 34.8 Å². The van der Waals surface area contributed by atoms with Crippen LogP contribution < -0.4 is 10.9 Å². The normalized spacial score (nSPS) is 23.5. The van der Waals surface area contributed by atoms with Crippen molar-refractivity contribution < 1.29 is 10.9 Å². The Hall–Kier alpha value is -2.91. The van der Waals surface area contributed by atoms with Crippen molar-refractivity contribution in [1.29, 1.82) is 0 Å². The highest BCUT2D eigenvalue weighted by atomic mass is 16.5. The lowest BCUT2D eigenvalue weighted by molar-refractivity contribution is -0.118. The van der Waals surface area contributed by atoms with Gasteiger partial charge in [0, 0.05) is 18.6 Å². The largest absolute Gasteiger partial charge is 0.355 e. The predicted molar refractivity (Wildman–Crippen MR) is 88.8 cm³/mol. The number of carbonyl (C=O) groups excluding carboxylic acids is 1. The number of rotatable bonds is 4. The summed E-state index contributed by atoms with van der Waals surface area (Å²) in [4.78, 5) is 37.6. The Morgan fingerprint density at radius 1 is 1.68 bits per heavy atom. The van der Waals surface area contributed by atoms with Gasteiger partial charge in [0.2, 0.25) is 11.9 Å². The minimum atomic E-state index is -0.575. The molecule has 0 bridgehead atoms. The number of H-pyrrole nitrogens is 1. The maximum absolute atomic E-state index is 12.2. The van der Waals surface area contributed by atoms with E-state index in [4.69, 9.17) is 11.6 Å². The van der Waals surface area contributed by atoms with Crippen LogP contribution >= 0.6 is 0 Å². The Kier molecular flexibility index (Phi) is 4.08. The molecular formula is C14H18N8O3. The van der Waals surface area contributed by atoms with Crippen molar-refractivity contribution in [2.45, 2.75) is 45.5 Å². The number of hydrogen-bond acceptors (Lipinski definition) is 6. The number of aromatic amines is 1. The van der Waals surface area contributed by atoms with E-state index in [1.165, 1.54) is 6.33 Å². The maximum atomic E-state index is 12.2. The van der Waals surface area contributed by atoms with Crippen LogP contribution in [0.25, 0.3) is 21.6 Å².